The highest BCUT2D eigenvalue weighted by Gasteiger charge is 2.14. The van der Waals surface area contributed by atoms with Crippen molar-refractivity contribution in [2.75, 3.05) is 0 Å². The highest BCUT2D eigenvalue weighted by atomic mass is 32.1. The van der Waals surface area contributed by atoms with E-state index < -0.39 is 23.0 Å². The minimum absolute atomic E-state index is 0.00583. The first kappa shape index (κ1) is 11.9. The van der Waals surface area contributed by atoms with Gasteiger partial charge in [0.05, 0.1) is 5.52 Å². The van der Waals surface area contributed by atoms with Gasteiger partial charge in [-0.25, -0.2) is 18.2 Å². The van der Waals surface area contributed by atoms with Crippen LogP contribution in [0.3, 0.4) is 0 Å². The molecule has 1 aromatic carbocycles. The molecule has 0 saturated heterocycles. The predicted molar refractivity (Wildman–Crippen MR) is 65.6 cm³/mol. The van der Waals surface area contributed by atoms with Gasteiger partial charge in [0.2, 0.25) is 0 Å². The zero-order valence-electron chi connectivity index (χ0n) is 9.21. The number of nitrogens with zero attached hydrogens (tertiary/aromatic N) is 1. The lowest BCUT2D eigenvalue weighted by Crippen LogP contribution is -2.08. The third-order valence-corrected chi connectivity index (χ3v) is 3.47. The van der Waals surface area contributed by atoms with E-state index in [0.29, 0.717) is 10.2 Å². The third-order valence-electron chi connectivity index (χ3n) is 2.57. The molecular formula is C12H5F3N2OS. The van der Waals surface area contributed by atoms with Crippen LogP contribution in [-0.4, -0.2) is 9.97 Å². The number of fused-ring (bicyclic) bond motifs is 1. The Morgan fingerprint density at radius 2 is 1.84 bits per heavy atom. The number of hydrogen-bond donors (Lipinski definition) is 1. The van der Waals surface area contributed by atoms with Gasteiger partial charge in [-0.2, -0.15) is 0 Å². The lowest BCUT2D eigenvalue weighted by Gasteiger charge is -2.03. The first-order valence-electron chi connectivity index (χ1n) is 5.18. The van der Waals surface area contributed by atoms with Crippen LogP contribution in [0.2, 0.25) is 0 Å². The molecule has 2 aromatic heterocycles. The summed E-state index contributed by atoms with van der Waals surface area (Å²) in [6.45, 7) is 0. The van der Waals surface area contributed by atoms with E-state index in [1.54, 1.807) is 11.4 Å². The molecule has 2 heterocycles. The first-order chi connectivity index (χ1) is 9.06. The van der Waals surface area contributed by atoms with Crippen molar-refractivity contribution in [3.8, 4) is 11.4 Å². The summed E-state index contributed by atoms with van der Waals surface area (Å²) in [5, 5.41) is 1.68. The lowest BCUT2D eigenvalue weighted by molar-refractivity contribution is 0.447. The van der Waals surface area contributed by atoms with Gasteiger partial charge in [-0.3, -0.25) is 4.79 Å². The summed E-state index contributed by atoms with van der Waals surface area (Å²) in [5.74, 6) is -4.22. The van der Waals surface area contributed by atoms with E-state index in [2.05, 4.69) is 9.97 Å². The topological polar surface area (TPSA) is 45.8 Å². The van der Waals surface area contributed by atoms with Gasteiger partial charge in [0.15, 0.2) is 17.5 Å². The number of aromatic amines is 1. The number of benzene rings is 1. The summed E-state index contributed by atoms with van der Waals surface area (Å²) in [7, 11) is 0. The summed E-state index contributed by atoms with van der Waals surface area (Å²) < 4.78 is 39.6. The number of nitrogens with one attached hydrogen (secondary N) is 1. The largest absolute Gasteiger partial charge is 0.305 e. The van der Waals surface area contributed by atoms with Crippen LogP contribution < -0.4 is 5.56 Å². The molecule has 1 N–H and O–H groups in total. The number of thiophene rings is 1. The normalized spacial score (nSPS) is 11.1. The molecule has 0 saturated carbocycles. The zero-order chi connectivity index (χ0) is 13.6. The van der Waals surface area contributed by atoms with Crippen LogP contribution in [0, 0.1) is 17.5 Å². The molecule has 0 unspecified atom stereocenters. The van der Waals surface area contributed by atoms with Crippen molar-refractivity contribution >= 4 is 21.6 Å². The second-order valence-electron chi connectivity index (χ2n) is 3.80. The van der Waals surface area contributed by atoms with Crippen molar-refractivity contribution < 1.29 is 13.2 Å². The van der Waals surface area contributed by atoms with E-state index >= 15 is 0 Å². The van der Waals surface area contributed by atoms with Crippen LogP contribution in [-0.2, 0) is 0 Å². The molecule has 0 fully saturated rings. The summed E-state index contributed by atoms with van der Waals surface area (Å²) in [4.78, 5) is 18.2. The number of H-pyrrole nitrogens is 1. The van der Waals surface area contributed by atoms with Gasteiger partial charge in [0, 0.05) is 5.56 Å². The minimum atomic E-state index is -1.55. The number of aromatic nitrogens is 2. The van der Waals surface area contributed by atoms with Gasteiger partial charge in [0.25, 0.3) is 5.56 Å². The molecule has 0 aliphatic rings. The summed E-state index contributed by atoms with van der Waals surface area (Å²) >= 11 is 1.21. The molecule has 96 valence electrons. The third kappa shape index (κ3) is 1.91. The predicted octanol–water partition coefficient (Wildman–Crippen LogP) is 3.07. The average Bonchev–Trinajstić information content (AvgIpc) is 2.84. The van der Waals surface area contributed by atoms with Crippen LogP contribution in [0.1, 0.15) is 0 Å². The maximum absolute atomic E-state index is 13.1. The fraction of sp³-hybridized carbons (Fsp3) is 0. The highest BCUT2D eigenvalue weighted by Crippen LogP contribution is 2.22. The molecule has 3 aromatic rings. The van der Waals surface area contributed by atoms with Crippen molar-refractivity contribution in [2.24, 2.45) is 0 Å². The molecule has 3 nitrogen and oxygen atoms in total. The van der Waals surface area contributed by atoms with E-state index in [4.69, 9.17) is 0 Å². The molecule has 0 aliphatic carbocycles. The van der Waals surface area contributed by atoms with E-state index in [9.17, 15) is 18.0 Å². The van der Waals surface area contributed by atoms with Crippen molar-refractivity contribution in [1.82, 2.24) is 9.97 Å². The summed E-state index contributed by atoms with van der Waals surface area (Å²) in [6.07, 6.45) is 0. The first-order valence-corrected chi connectivity index (χ1v) is 6.06. The van der Waals surface area contributed by atoms with Gasteiger partial charge >= 0.3 is 0 Å². The molecule has 0 bridgehead atoms. The number of hydrogen-bond acceptors (Lipinski definition) is 3. The Morgan fingerprint density at radius 3 is 2.53 bits per heavy atom. The maximum atomic E-state index is 13.1. The average molecular weight is 282 g/mol. The molecule has 0 amide bonds. The molecular weight excluding hydrogens is 277 g/mol. The fourth-order valence-electron chi connectivity index (χ4n) is 1.70. The lowest BCUT2D eigenvalue weighted by atomic mass is 10.2. The zero-order valence-corrected chi connectivity index (χ0v) is 10.0. The summed E-state index contributed by atoms with van der Waals surface area (Å²) in [5.41, 5.74) is -0.00404. The smallest absolute Gasteiger partial charge is 0.269 e. The molecule has 3 rings (SSSR count). The minimum Gasteiger partial charge on any atom is -0.305 e. The second-order valence-corrected chi connectivity index (χ2v) is 4.72. The molecule has 0 atom stereocenters. The Balaban J connectivity index is 2.27. The Labute approximate surface area is 108 Å². The molecule has 19 heavy (non-hydrogen) atoms. The second kappa shape index (κ2) is 4.20. The summed E-state index contributed by atoms with van der Waals surface area (Å²) in [6, 6.07) is 3.19. The monoisotopic (exact) mass is 282 g/mol. The Bertz CT molecular complexity index is 817. The molecule has 0 radical (unpaired) electrons. The maximum Gasteiger partial charge on any atom is 0.269 e. The van der Waals surface area contributed by atoms with E-state index in [-0.39, 0.29) is 11.4 Å². The fourth-order valence-corrected chi connectivity index (χ4v) is 2.43. The van der Waals surface area contributed by atoms with Gasteiger partial charge in [-0.1, -0.05) is 0 Å². The van der Waals surface area contributed by atoms with E-state index in [0.717, 1.165) is 12.1 Å². The van der Waals surface area contributed by atoms with Crippen molar-refractivity contribution in [3.63, 3.8) is 0 Å². The Morgan fingerprint density at radius 1 is 1.16 bits per heavy atom. The quantitative estimate of drug-likeness (QED) is 0.697. The van der Waals surface area contributed by atoms with Crippen LogP contribution in [0.15, 0.2) is 28.4 Å². The van der Waals surface area contributed by atoms with Crippen LogP contribution >= 0.6 is 11.3 Å². The highest BCUT2D eigenvalue weighted by molar-refractivity contribution is 7.17. The standard InChI is InChI=1S/C12H5F3N2OS/c13-6-3-5(4-7(14)9(6)15)11-16-8-1-2-19-10(8)12(18)17-11/h1-4H,(H,16,17,18). The van der Waals surface area contributed by atoms with Gasteiger partial charge in [-0.05, 0) is 23.6 Å². The van der Waals surface area contributed by atoms with Crippen molar-refractivity contribution in [1.29, 1.82) is 0 Å². The van der Waals surface area contributed by atoms with Crippen LogP contribution in [0.5, 0.6) is 0 Å². The number of rotatable bonds is 1. The van der Waals surface area contributed by atoms with Gasteiger partial charge < -0.3 is 4.98 Å². The SMILES string of the molecule is O=c1[nH]c(-c2cc(F)c(F)c(F)c2)nc2ccsc12. The number of halogens is 3. The van der Waals surface area contributed by atoms with Crippen LogP contribution in [0.4, 0.5) is 13.2 Å². The van der Waals surface area contributed by atoms with Gasteiger partial charge in [-0.15, -0.1) is 11.3 Å². The van der Waals surface area contributed by atoms with Crippen molar-refractivity contribution in [2.45, 2.75) is 0 Å². The Hall–Kier alpha value is -2.15. The van der Waals surface area contributed by atoms with Crippen LogP contribution in [0.25, 0.3) is 21.6 Å². The Kier molecular flexibility index (Phi) is 2.63. The van der Waals surface area contributed by atoms with Crippen molar-refractivity contribution in [3.05, 3.63) is 51.4 Å². The van der Waals surface area contributed by atoms with E-state index in [1.807, 2.05) is 0 Å². The molecule has 0 aliphatic heterocycles. The van der Waals surface area contributed by atoms with E-state index in [1.165, 1.54) is 11.3 Å². The molecule has 0 spiro atoms. The molecule has 7 heteroatoms. The van der Waals surface area contributed by atoms with Gasteiger partial charge in [0.1, 0.15) is 10.5 Å².